The van der Waals surface area contributed by atoms with Gasteiger partial charge in [0.05, 0.1) is 5.75 Å². The molecule has 2 N–H and O–H groups in total. The minimum Gasteiger partial charge on any atom is -0.370 e. The highest BCUT2D eigenvalue weighted by Crippen LogP contribution is 2.38. The van der Waals surface area contributed by atoms with Gasteiger partial charge in [0.1, 0.15) is 27.3 Å². The Hall–Kier alpha value is -1.37. The first-order valence-electron chi connectivity index (χ1n) is 7.02. The van der Waals surface area contributed by atoms with E-state index in [1.165, 1.54) is 6.26 Å². The van der Waals surface area contributed by atoms with E-state index in [1.54, 1.807) is 0 Å². The molecular weight excluding hydrogens is 276 g/mol. The lowest BCUT2D eigenvalue weighted by molar-refractivity contribution is 0.600. The van der Waals surface area contributed by atoms with Crippen LogP contribution in [0.5, 0.6) is 0 Å². The molecular formula is C13H22N4O2S. The second kappa shape index (κ2) is 6.39. The summed E-state index contributed by atoms with van der Waals surface area (Å²) in [6, 6.07) is 1.87. The molecule has 0 aromatic carbocycles. The largest absolute Gasteiger partial charge is 0.370 e. The van der Waals surface area contributed by atoms with E-state index in [0.29, 0.717) is 18.9 Å². The number of nitrogens with one attached hydrogen (secondary N) is 2. The fourth-order valence-electron chi connectivity index (χ4n) is 1.90. The van der Waals surface area contributed by atoms with Crippen molar-refractivity contribution in [2.75, 3.05) is 35.7 Å². The summed E-state index contributed by atoms with van der Waals surface area (Å²) >= 11 is 0. The number of sulfone groups is 1. The first-order valence-corrected chi connectivity index (χ1v) is 9.08. The van der Waals surface area contributed by atoms with E-state index in [0.717, 1.165) is 36.8 Å². The Labute approximate surface area is 120 Å². The summed E-state index contributed by atoms with van der Waals surface area (Å²) in [6.07, 6.45) is 4.15. The Morgan fingerprint density at radius 1 is 1.25 bits per heavy atom. The molecule has 0 bridgehead atoms. The molecule has 0 radical (unpaired) electrons. The highest BCUT2D eigenvalue weighted by atomic mass is 32.2. The normalized spacial score (nSPS) is 15.1. The van der Waals surface area contributed by atoms with Crippen molar-refractivity contribution in [3.8, 4) is 0 Å². The SMILES string of the molecule is CCNc1cc(NCCCS(C)(=O)=O)nc(C2CC2)n1. The van der Waals surface area contributed by atoms with E-state index < -0.39 is 9.84 Å². The van der Waals surface area contributed by atoms with Crippen LogP contribution in [0.3, 0.4) is 0 Å². The van der Waals surface area contributed by atoms with Crippen LogP contribution in [0.2, 0.25) is 0 Å². The number of nitrogens with zero attached hydrogens (tertiary/aromatic N) is 2. The number of hydrogen-bond acceptors (Lipinski definition) is 6. The number of anilines is 2. The van der Waals surface area contributed by atoms with E-state index in [9.17, 15) is 8.42 Å². The fraction of sp³-hybridized carbons (Fsp3) is 0.692. The minimum atomic E-state index is -2.89. The van der Waals surface area contributed by atoms with Gasteiger partial charge >= 0.3 is 0 Å². The predicted molar refractivity (Wildman–Crippen MR) is 81.0 cm³/mol. The van der Waals surface area contributed by atoms with E-state index in [1.807, 2.05) is 13.0 Å². The van der Waals surface area contributed by atoms with E-state index in [-0.39, 0.29) is 5.75 Å². The maximum atomic E-state index is 11.1. The molecule has 20 heavy (non-hydrogen) atoms. The van der Waals surface area contributed by atoms with Crippen molar-refractivity contribution in [1.82, 2.24) is 9.97 Å². The molecule has 0 atom stereocenters. The molecule has 1 aromatic rings. The smallest absolute Gasteiger partial charge is 0.147 e. The average molecular weight is 298 g/mol. The molecule has 1 heterocycles. The van der Waals surface area contributed by atoms with Gasteiger partial charge in [-0.3, -0.25) is 0 Å². The molecule has 1 fully saturated rings. The summed E-state index contributed by atoms with van der Waals surface area (Å²) in [7, 11) is -2.89. The van der Waals surface area contributed by atoms with Gasteiger partial charge in [0.2, 0.25) is 0 Å². The van der Waals surface area contributed by atoms with Crippen LogP contribution in [0.25, 0.3) is 0 Å². The summed E-state index contributed by atoms with van der Waals surface area (Å²) in [5, 5.41) is 6.38. The van der Waals surface area contributed by atoms with Crippen LogP contribution < -0.4 is 10.6 Å². The molecule has 112 valence electrons. The lowest BCUT2D eigenvalue weighted by atomic mass is 10.3. The molecule has 0 amide bonds. The van der Waals surface area contributed by atoms with Crippen LogP contribution in [-0.4, -0.2) is 43.5 Å². The maximum absolute atomic E-state index is 11.1. The maximum Gasteiger partial charge on any atom is 0.147 e. The van der Waals surface area contributed by atoms with Gasteiger partial charge < -0.3 is 10.6 Å². The number of aromatic nitrogens is 2. The van der Waals surface area contributed by atoms with Crippen LogP contribution in [0, 0.1) is 0 Å². The van der Waals surface area contributed by atoms with Crippen molar-refractivity contribution in [2.24, 2.45) is 0 Å². The first-order chi connectivity index (χ1) is 9.48. The van der Waals surface area contributed by atoms with Gasteiger partial charge in [-0.2, -0.15) is 0 Å². The summed E-state index contributed by atoms with van der Waals surface area (Å²) in [5.74, 6) is 3.17. The summed E-state index contributed by atoms with van der Waals surface area (Å²) in [4.78, 5) is 8.99. The van der Waals surface area contributed by atoms with Gasteiger partial charge in [0, 0.05) is 31.3 Å². The Balaban J connectivity index is 1.95. The highest BCUT2D eigenvalue weighted by molar-refractivity contribution is 7.90. The van der Waals surface area contributed by atoms with E-state index in [4.69, 9.17) is 0 Å². The molecule has 0 aliphatic heterocycles. The predicted octanol–water partition coefficient (Wildman–Crippen LogP) is 1.63. The Morgan fingerprint density at radius 3 is 2.45 bits per heavy atom. The fourth-order valence-corrected chi connectivity index (χ4v) is 2.57. The summed E-state index contributed by atoms with van der Waals surface area (Å²) < 4.78 is 22.1. The van der Waals surface area contributed by atoms with Crippen molar-refractivity contribution < 1.29 is 8.42 Å². The van der Waals surface area contributed by atoms with E-state index >= 15 is 0 Å². The van der Waals surface area contributed by atoms with Crippen molar-refractivity contribution in [1.29, 1.82) is 0 Å². The van der Waals surface area contributed by atoms with Crippen LogP contribution in [-0.2, 0) is 9.84 Å². The van der Waals surface area contributed by atoms with Gasteiger partial charge in [-0.1, -0.05) is 0 Å². The van der Waals surface area contributed by atoms with Gasteiger partial charge in [-0.25, -0.2) is 18.4 Å². The lowest BCUT2D eigenvalue weighted by Gasteiger charge is -2.10. The Kier molecular flexibility index (Phi) is 4.80. The zero-order valence-electron chi connectivity index (χ0n) is 12.0. The van der Waals surface area contributed by atoms with Crippen LogP contribution in [0.4, 0.5) is 11.6 Å². The second-order valence-corrected chi connectivity index (χ2v) is 7.47. The second-order valence-electron chi connectivity index (χ2n) is 5.21. The monoisotopic (exact) mass is 298 g/mol. The van der Waals surface area contributed by atoms with Crippen molar-refractivity contribution in [3.63, 3.8) is 0 Å². The molecule has 6 nitrogen and oxygen atoms in total. The molecule has 0 saturated heterocycles. The molecule has 0 unspecified atom stereocenters. The molecule has 1 saturated carbocycles. The lowest BCUT2D eigenvalue weighted by Crippen LogP contribution is -2.12. The summed E-state index contributed by atoms with van der Waals surface area (Å²) in [6.45, 7) is 3.44. The number of rotatable bonds is 8. The average Bonchev–Trinajstić information content (AvgIpc) is 3.18. The summed E-state index contributed by atoms with van der Waals surface area (Å²) in [5.41, 5.74) is 0. The molecule has 0 spiro atoms. The standard InChI is InChI=1S/C13H22N4O2S/c1-3-14-11-9-12(15-7-4-8-20(2,18)19)17-13(16-11)10-5-6-10/h9-10H,3-8H2,1-2H3,(H2,14,15,16,17). The third kappa shape index (κ3) is 4.96. The van der Waals surface area contributed by atoms with Crippen molar-refractivity contribution in [3.05, 3.63) is 11.9 Å². The van der Waals surface area contributed by atoms with Crippen LogP contribution in [0.1, 0.15) is 37.9 Å². The zero-order valence-corrected chi connectivity index (χ0v) is 12.8. The van der Waals surface area contributed by atoms with Gasteiger partial charge in [0.25, 0.3) is 0 Å². The molecule has 1 aromatic heterocycles. The number of hydrogen-bond donors (Lipinski definition) is 2. The first kappa shape index (κ1) is 15.0. The third-order valence-corrected chi connectivity index (χ3v) is 4.07. The third-order valence-electron chi connectivity index (χ3n) is 3.04. The van der Waals surface area contributed by atoms with Gasteiger partial charge in [-0.15, -0.1) is 0 Å². The quantitative estimate of drug-likeness (QED) is 0.710. The molecule has 2 rings (SSSR count). The van der Waals surface area contributed by atoms with Crippen molar-refractivity contribution in [2.45, 2.75) is 32.1 Å². The van der Waals surface area contributed by atoms with Gasteiger partial charge in [0.15, 0.2) is 0 Å². The Bertz CT molecular complexity index is 555. The molecule has 1 aliphatic rings. The van der Waals surface area contributed by atoms with Gasteiger partial charge in [-0.05, 0) is 26.2 Å². The van der Waals surface area contributed by atoms with E-state index in [2.05, 4.69) is 20.6 Å². The van der Waals surface area contributed by atoms with Crippen molar-refractivity contribution >= 4 is 21.5 Å². The Morgan fingerprint density at radius 2 is 1.90 bits per heavy atom. The molecule has 1 aliphatic carbocycles. The molecule has 7 heteroatoms. The van der Waals surface area contributed by atoms with Crippen LogP contribution in [0.15, 0.2) is 6.07 Å². The van der Waals surface area contributed by atoms with Crippen LogP contribution >= 0.6 is 0 Å². The zero-order chi connectivity index (χ0) is 14.6. The highest BCUT2D eigenvalue weighted by Gasteiger charge is 2.27. The minimum absolute atomic E-state index is 0.195. The topological polar surface area (TPSA) is 84.0 Å².